The summed E-state index contributed by atoms with van der Waals surface area (Å²) >= 11 is 2.54. The van der Waals surface area contributed by atoms with Gasteiger partial charge in [-0.25, -0.2) is 0 Å². The maximum absolute atomic E-state index is 12.5. The topological polar surface area (TPSA) is 21.5 Å². The Labute approximate surface area is 131 Å². The van der Waals surface area contributed by atoms with Gasteiger partial charge in [0.15, 0.2) is 5.78 Å². The molecule has 1 saturated carbocycles. The van der Waals surface area contributed by atoms with E-state index in [9.17, 15) is 4.79 Å². The molecule has 3 unspecified atom stereocenters. The number of alkyl halides is 1. The quantitative estimate of drug-likeness (QED) is 0.590. The zero-order chi connectivity index (χ0) is 13.8. The molecule has 1 aliphatic heterocycles. The molecule has 0 aromatic heterocycles. The molecule has 0 aromatic carbocycles. The first-order valence-electron chi connectivity index (χ1n) is 8.11. The second-order valence-electron chi connectivity index (χ2n) is 6.71. The number of hydrogen-bond acceptors (Lipinski definition) is 1. The number of hydrogen-bond donors (Lipinski definition) is 1. The van der Waals surface area contributed by atoms with Crippen molar-refractivity contribution < 1.29 is 9.69 Å². The Morgan fingerprint density at radius 2 is 1.84 bits per heavy atom. The predicted octanol–water partition coefficient (Wildman–Crippen LogP) is 2.64. The molecule has 2 nitrogen and oxygen atoms in total. The van der Waals surface area contributed by atoms with Gasteiger partial charge in [0.05, 0.1) is 12.6 Å². The monoisotopic (exact) mass is 378 g/mol. The average molecular weight is 378 g/mol. The van der Waals surface area contributed by atoms with Gasteiger partial charge in [-0.15, -0.1) is 0 Å². The normalized spacial score (nSPS) is 40.1. The smallest absolute Gasteiger partial charge is 0.189 e. The molecule has 2 aliphatic rings. The van der Waals surface area contributed by atoms with Gasteiger partial charge < -0.3 is 4.90 Å². The molecule has 0 amide bonds. The Morgan fingerprint density at radius 1 is 1.16 bits per heavy atom. The van der Waals surface area contributed by atoms with Gasteiger partial charge in [-0.1, -0.05) is 29.5 Å². The number of likely N-dealkylation sites (tertiary alicyclic amines) is 1. The number of Topliss-reactive ketones (excluding diaryl/α,β-unsaturated/α-hetero) is 1. The SMILES string of the molecule is CCC1CCC(C)[NH+](CC(=O)C2CCC(I)CC2)C1. The second-order valence-corrected chi connectivity index (χ2v) is 8.47. The lowest BCUT2D eigenvalue weighted by Crippen LogP contribution is -3.17. The molecular weight excluding hydrogens is 349 g/mol. The van der Waals surface area contributed by atoms with Gasteiger partial charge in [0.2, 0.25) is 0 Å². The molecule has 19 heavy (non-hydrogen) atoms. The number of carbonyl (C=O) groups excluding carboxylic acids is 1. The van der Waals surface area contributed by atoms with Crippen LogP contribution in [0.25, 0.3) is 0 Å². The lowest BCUT2D eigenvalue weighted by molar-refractivity contribution is -0.924. The van der Waals surface area contributed by atoms with Gasteiger partial charge in [0, 0.05) is 15.8 Å². The summed E-state index contributed by atoms with van der Waals surface area (Å²) in [5.41, 5.74) is 0. The predicted molar refractivity (Wildman–Crippen MR) is 87.9 cm³/mol. The van der Waals surface area contributed by atoms with Crippen LogP contribution in [0.2, 0.25) is 0 Å². The van der Waals surface area contributed by atoms with Crippen molar-refractivity contribution in [3.63, 3.8) is 0 Å². The highest BCUT2D eigenvalue weighted by Crippen LogP contribution is 2.29. The van der Waals surface area contributed by atoms with Crippen molar-refractivity contribution in [3.8, 4) is 0 Å². The maximum atomic E-state index is 12.5. The van der Waals surface area contributed by atoms with Crippen LogP contribution in [-0.4, -0.2) is 28.8 Å². The highest BCUT2D eigenvalue weighted by molar-refractivity contribution is 14.1. The summed E-state index contributed by atoms with van der Waals surface area (Å²) in [4.78, 5) is 14.1. The summed E-state index contributed by atoms with van der Waals surface area (Å²) in [6.45, 7) is 6.65. The first-order chi connectivity index (χ1) is 9.10. The van der Waals surface area contributed by atoms with Crippen molar-refractivity contribution in [2.45, 2.75) is 68.8 Å². The van der Waals surface area contributed by atoms with Crippen LogP contribution >= 0.6 is 22.6 Å². The highest BCUT2D eigenvalue weighted by atomic mass is 127. The molecule has 110 valence electrons. The molecule has 3 heteroatoms. The summed E-state index contributed by atoms with van der Waals surface area (Å²) < 4.78 is 0.812. The molecule has 3 atom stereocenters. The Bertz CT molecular complexity index is 299. The van der Waals surface area contributed by atoms with Crippen LogP contribution in [0.3, 0.4) is 0 Å². The third-order valence-electron chi connectivity index (χ3n) is 5.35. The minimum absolute atomic E-state index is 0.382. The molecule has 0 aromatic rings. The molecule has 1 aliphatic carbocycles. The van der Waals surface area contributed by atoms with Crippen LogP contribution < -0.4 is 4.90 Å². The molecule has 0 radical (unpaired) electrons. The Kier molecular flexibility index (Phi) is 6.12. The third-order valence-corrected chi connectivity index (χ3v) is 6.59. The Morgan fingerprint density at radius 3 is 2.47 bits per heavy atom. The number of carbonyl (C=O) groups is 1. The van der Waals surface area contributed by atoms with Crippen LogP contribution in [0.5, 0.6) is 0 Å². The lowest BCUT2D eigenvalue weighted by Gasteiger charge is -2.35. The van der Waals surface area contributed by atoms with Crippen LogP contribution in [-0.2, 0) is 4.79 Å². The van der Waals surface area contributed by atoms with E-state index in [1.54, 1.807) is 4.90 Å². The van der Waals surface area contributed by atoms with Gasteiger partial charge in [-0.3, -0.25) is 4.79 Å². The Hall–Kier alpha value is 0.360. The van der Waals surface area contributed by atoms with E-state index in [4.69, 9.17) is 0 Å². The largest absolute Gasteiger partial charge is 0.326 e. The van der Waals surface area contributed by atoms with Gasteiger partial charge >= 0.3 is 0 Å². The summed E-state index contributed by atoms with van der Waals surface area (Å²) in [5, 5.41) is 0. The van der Waals surface area contributed by atoms with Crippen molar-refractivity contribution in [2.75, 3.05) is 13.1 Å². The fraction of sp³-hybridized carbons (Fsp3) is 0.938. The van der Waals surface area contributed by atoms with E-state index in [0.29, 0.717) is 17.7 Å². The minimum atomic E-state index is 0.382. The van der Waals surface area contributed by atoms with E-state index in [1.807, 2.05) is 0 Å². The van der Waals surface area contributed by atoms with Crippen molar-refractivity contribution in [1.82, 2.24) is 0 Å². The van der Waals surface area contributed by atoms with Gasteiger partial charge in [0.1, 0.15) is 6.54 Å². The summed E-state index contributed by atoms with van der Waals surface area (Å²) in [5.74, 6) is 1.79. The van der Waals surface area contributed by atoms with Crippen LogP contribution in [0.15, 0.2) is 0 Å². The molecule has 1 heterocycles. The van der Waals surface area contributed by atoms with E-state index >= 15 is 0 Å². The zero-order valence-corrected chi connectivity index (χ0v) is 14.6. The molecular formula is C16H29INO+. The molecule has 1 N–H and O–H groups in total. The van der Waals surface area contributed by atoms with Gasteiger partial charge in [0.25, 0.3) is 0 Å². The van der Waals surface area contributed by atoms with E-state index in [2.05, 4.69) is 36.4 Å². The highest BCUT2D eigenvalue weighted by Gasteiger charge is 2.32. The molecule has 2 rings (SSSR count). The third kappa shape index (κ3) is 4.42. The zero-order valence-electron chi connectivity index (χ0n) is 12.5. The van der Waals surface area contributed by atoms with Crippen LogP contribution in [0.1, 0.15) is 58.8 Å². The van der Waals surface area contributed by atoms with Crippen LogP contribution in [0.4, 0.5) is 0 Å². The summed E-state index contributed by atoms with van der Waals surface area (Å²) in [6.07, 6.45) is 8.75. The van der Waals surface area contributed by atoms with Crippen molar-refractivity contribution in [1.29, 1.82) is 0 Å². The van der Waals surface area contributed by atoms with E-state index in [0.717, 1.165) is 29.2 Å². The number of nitrogens with one attached hydrogen (secondary N) is 1. The second kappa shape index (κ2) is 7.39. The first-order valence-corrected chi connectivity index (χ1v) is 9.36. The number of rotatable bonds is 4. The van der Waals surface area contributed by atoms with Gasteiger partial charge in [-0.05, 0) is 51.9 Å². The summed E-state index contributed by atoms with van der Waals surface area (Å²) in [7, 11) is 0. The fourth-order valence-electron chi connectivity index (χ4n) is 3.70. The molecule has 2 fully saturated rings. The molecule has 1 saturated heterocycles. The fourth-order valence-corrected chi connectivity index (χ4v) is 4.42. The first kappa shape index (κ1) is 15.7. The van der Waals surface area contributed by atoms with E-state index < -0.39 is 0 Å². The number of quaternary nitrogens is 1. The van der Waals surface area contributed by atoms with E-state index in [-0.39, 0.29) is 0 Å². The number of ketones is 1. The standard InChI is InChI=1S/C16H28INO/c1-3-13-5-4-12(2)18(10-13)11-16(19)14-6-8-15(17)9-7-14/h12-15H,3-11H2,1-2H3/p+1. The van der Waals surface area contributed by atoms with Gasteiger partial charge in [-0.2, -0.15) is 0 Å². The number of piperidine rings is 1. The minimum Gasteiger partial charge on any atom is -0.326 e. The summed E-state index contributed by atoms with van der Waals surface area (Å²) in [6, 6.07) is 0.688. The maximum Gasteiger partial charge on any atom is 0.189 e. The molecule has 0 bridgehead atoms. The Balaban J connectivity index is 1.83. The van der Waals surface area contributed by atoms with E-state index in [1.165, 1.54) is 38.6 Å². The average Bonchev–Trinajstić information content (AvgIpc) is 2.42. The van der Waals surface area contributed by atoms with Crippen molar-refractivity contribution in [3.05, 3.63) is 0 Å². The lowest BCUT2D eigenvalue weighted by atomic mass is 9.85. The van der Waals surface area contributed by atoms with Crippen molar-refractivity contribution >= 4 is 28.4 Å². The molecule has 0 spiro atoms. The van der Waals surface area contributed by atoms with Crippen molar-refractivity contribution in [2.24, 2.45) is 11.8 Å². The van der Waals surface area contributed by atoms with Crippen LogP contribution in [0, 0.1) is 11.8 Å². The number of halogens is 1.